The van der Waals surface area contributed by atoms with Gasteiger partial charge in [-0.25, -0.2) is 13.2 Å². The first-order chi connectivity index (χ1) is 12.7. The number of ether oxygens (including phenoxy) is 1. The molecule has 27 heavy (non-hydrogen) atoms. The number of amidine groups is 1. The third-order valence-electron chi connectivity index (χ3n) is 4.09. The van der Waals surface area contributed by atoms with Crippen LogP contribution >= 0.6 is 11.8 Å². The molecule has 10 heteroatoms. The number of rotatable bonds is 6. The Morgan fingerprint density at radius 2 is 2.15 bits per heavy atom. The number of hydrogen-bond donors (Lipinski definition) is 1. The van der Waals surface area contributed by atoms with Gasteiger partial charge >= 0.3 is 5.97 Å². The molecular weight excluding hydrogens is 390 g/mol. The van der Waals surface area contributed by atoms with E-state index in [9.17, 15) is 18.0 Å². The molecule has 0 bridgehead atoms. The zero-order valence-corrected chi connectivity index (χ0v) is 16.7. The highest BCUT2D eigenvalue weighted by molar-refractivity contribution is 8.15. The fraction of sp³-hybridized carbons (Fsp3) is 0.471. The van der Waals surface area contributed by atoms with Gasteiger partial charge in [0.25, 0.3) is 15.9 Å². The maximum atomic E-state index is 12.2. The minimum Gasteiger partial charge on any atom is -0.452 e. The van der Waals surface area contributed by atoms with Crippen molar-refractivity contribution in [1.29, 1.82) is 0 Å². The van der Waals surface area contributed by atoms with E-state index in [-0.39, 0.29) is 18.3 Å². The largest absolute Gasteiger partial charge is 0.452 e. The zero-order valence-electron chi connectivity index (χ0n) is 15.1. The van der Waals surface area contributed by atoms with Crippen LogP contribution in [0.15, 0.2) is 27.5 Å². The molecule has 0 atom stereocenters. The summed E-state index contributed by atoms with van der Waals surface area (Å²) in [7, 11) is -3.42. The van der Waals surface area contributed by atoms with Crippen LogP contribution in [-0.2, 0) is 19.6 Å². The van der Waals surface area contributed by atoms with Gasteiger partial charge in [0.2, 0.25) is 0 Å². The highest BCUT2D eigenvalue weighted by Gasteiger charge is 2.33. The van der Waals surface area contributed by atoms with Crippen LogP contribution < -0.4 is 10.2 Å². The lowest BCUT2D eigenvalue weighted by atomic mass is 10.1. The Kier molecular flexibility index (Phi) is 5.75. The van der Waals surface area contributed by atoms with Gasteiger partial charge in [0, 0.05) is 18.0 Å². The highest BCUT2D eigenvalue weighted by atomic mass is 32.2. The molecule has 0 saturated carbocycles. The summed E-state index contributed by atoms with van der Waals surface area (Å²) in [4.78, 5) is 26.5. The van der Waals surface area contributed by atoms with E-state index in [2.05, 4.69) is 23.6 Å². The Balaban J connectivity index is 1.60. The summed E-state index contributed by atoms with van der Waals surface area (Å²) in [5.41, 5.74) is 1.12. The first-order valence-corrected chi connectivity index (χ1v) is 11.0. The highest BCUT2D eigenvalue weighted by Crippen LogP contribution is 2.42. The maximum Gasteiger partial charge on any atom is 0.338 e. The van der Waals surface area contributed by atoms with E-state index < -0.39 is 16.0 Å². The van der Waals surface area contributed by atoms with Gasteiger partial charge in [-0.2, -0.15) is 0 Å². The van der Waals surface area contributed by atoms with E-state index in [1.54, 1.807) is 18.2 Å². The second-order valence-electron chi connectivity index (χ2n) is 6.70. The van der Waals surface area contributed by atoms with E-state index in [4.69, 9.17) is 4.74 Å². The number of anilines is 1. The summed E-state index contributed by atoms with van der Waals surface area (Å²) >= 11 is 1.20. The molecule has 0 unspecified atom stereocenters. The van der Waals surface area contributed by atoms with Crippen LogP contribution in [0.2, 0.25) is 0 Å². The lowest BCUT2D eigenvalue weighted by Gasteiger charge is -2.22. The summed E-state index contributed by atoms with van der Waals surface area (Å²) < 4.78 is 32.1. The van der Waals surface area contributed by atoms with Gasteiger partial charge in [0.1, 0.15) is 0 Å². The molecule has 2 heterocycles. The van der Waals surface area contributed by atoms with Crippen molar-refractivity contribution in [2.24, 2.45) is 10.3 Å². The van der Waals surface area contributed by atoms with Gasteiger partial charge in [-0.15, -0.1) is 4.40 Å². The Labute approximate surface area is 162 Å². The molecule has 0 radical (unpaired) electrons. The van der Waals surface area contributed by atoms with Gasteiger partial charge in [0.15, 0.2) is 11.8 Å². The molecule has 1 aromatic carbocycles. The van der Waals surface area contributed by atoms with Crippen LogP contribution in [0.4, 0.5) is 5.69 Å². The first kappa shape index (κ1) is 19.7. The molecule has 1 aromatic rings. The van der Waals surface area contributed by atoms with Gasteiger partial charge in [-0.05, 0) is 42.3 Å². The number of esters is 1. The number of fused-ring (bicyclic) bond motifs is 3. The summed E-state index contributed by atoms with van der Waals surface area (Å²) in [6, 6.07) is 4.97. The minimum absolute atomic E-state index is 0.0355. The number of amides is 1. The Morgan fingerprint density at radius 3 is 2.89 bits per heavy atom. The molecule has 1 amide bonds. The van der Waals surface area contributed by atoms with Crippen molar-refractivity contribution in [3.63, 3.8) is 0 Å². The van der Waals surface area contributed by atoms with Crippen LogP contribution in [0, 0.1) is 5.92 Å². The molecule has 0 aliphatic carbocycles. The Morgan fingerprint density at radius 1 is 1.37 bits per heavy atom. The van der Waals surface area contributed by atoms with Crippen LogP contribution in [-0.4, -0.2) is 50.9 Å². The summed E-state index contributed by atoms with van der Waals surface area (Å²) in [6.45, 7) is 4.67. The molecule has 0 saturated heterocycles. The molecule has 0 spiro atoms. The summed E-state index contributed by atoms with van der Waals surface area (Å²) in [5, 5.41) is 3.10. The summed E-state index contributed by atoms with van der Waals surface area (Å²) in [6.07, 6.45) is 0.859. The Hall–Kier alpha value is -2.07. The number of benzene rings is 1. The molecule has 8 nitrogen and oxygen atoms in total. The fourth-order valence-electron chi connectivity index (χ4n) is 2.62. The second kappa shape index (κ2) is 7.89. The van der Waals surface area contributed by atoms with Crippen LogP contribution in [0.25, 0.3) is 0 Å². The number of carbonyl (C=O) groups excluding carboxylic acids is 2. The molecule has 1 N–H and O–H groups in total. The number of nitrogens with one attached hydrogen (secondary N) is 1. The zero-order chi connectivity index (χ0) is 19.6. The molecular formula is C17H21N3O5S2. The van der Waals surface area contributed by atoms with Gasteiger partial charge in [0.05, 0.1) is 17.0 Å². The number of sulfonamides is 1. The molecule has 2 aliphatic rings. The van der Waals surface area contributed by atoms with E-state index in [0.29, 0.717) is 29.7 Å². The minimum atomic E-state index is -3.42. The van der Waals surface area contributed by atoms with Crippen molar-refractivity contribution in [2.75, 3.05) is 30.3 Å². The van der Waals surface area contributed by atoms with E-state index in [1.807, 2.05) is 4.90 Å². The Bertz CT molecular complexity index is 896. The van der Waals surface area contributed by atoms with Crippen LogP contribution in [0.3, 0.4) is 0 Å². The fourth-order valence-corrected chi connectivity index (χ4v) is 4.92. The molecule has 0 aromatic heterocycles. The van der Waals surface area contributed by atoms with Gasteiger partial charge in [-0.1, -0.05) is 13.8 Å². The number of carbonyl (C=O) groups is 2. The third kappa shape index (κ3) is 4.81. The quantitative estimate of drug-likeness (QED) is 0.709. The van der Waals surface area contributed by atoms with E-state index in [1.165, 1.54) is 11.8 Å². The predicted octanol–water partition coefficient (Wildman–Crippen LogP) is 1.62. The van der Waals surface area contributed by atoms with Crippen molar-refractivity contribution in [3.8, 4) is 0 Å². The topological polar surface area (TPSA) is 105 Å². The lowest BCUT2D eigenvalue weighted by Crippen LogP contribution is -2.35. The SMILES string of the molecule is CC(C)CCNC(=O)COC(=O)c1ccc2c(c1)SC1=NS(=O)(=O)CCN12. The predicted molar refractivity (Wildman–Crippen MR) is 104 cm³/mol. The monoisotopic (exact) mass is 411 g/mol. The number of hydrogen-bond acceptors (Lipinski definition) is 7. The van der Waals surface area contributed by atoms with Crippen molar-refractivity contribution in [3.05, 3.63) is 23.8 Å². The maximum absolute atomic E-state index is 12.2. The van der Waals surface area contributed by atoms with Crippen molar-refractivity contribution in [1.82, 2.24) is 5.32 Å². The van der Waals surface area contributed by atoms with Crippen LogP contribution in [0.1, 0.15) is 30.6 Å². The van der Waals surface area contributed by atoms with Crippen molar-refractivity contribution < 1.29 is 22.7 Å². The van der Waals surface area contributed by atoms with Gasteiger partial charge in [-0.3, -0.25) is 4.79 Å². The third-order valence-corrected chi connectivity index (χ3v) is 6.39. The van der Waals surface area contributed by atoms with Crippen LogP contribution in [0.5, 0.6) is 0 Å². The van der Waals surface area contributed by atoms with Crippen molar-refractivity contribution in [2.45, 2.75) is 25.2 Å². The number of nitrogens with zero attached hydrogens (tertiary/aromatic N) is 2. The molecule has 0 fully saturated rings. The van der Waals surface area contributed by atoms with E-state index in [0.717, 1.165) is 17.0 Å². The average molecular weight is 412 g/mol. The summed E-state index contributed by atoms with van der Waals surface area (Å²) in [5.74, 6) is -0.490. The van der Waals surface area contributed by atoms with Gasteiger partial charge < -0.3 is 15.0 Å². The molecule has 2 aliphatic heterocycles. The standard InChI is InChI=1S/C17H21N3O5S2/c1-11(2)5-6-18-15(21)10-25-16(22)12-3-4-13-14(9-12)26-17-19-27(23,24)8-7-20(13)17/h3-4,9,11H,5-8,10H2,1-2H3,(H,18,21). The number of thioether (sulfide) groups is 1. The van der Waals surface area contributed by atoms with Crippen molar-refractivity contribution >= 4 is 44.5 Å². The first-order valence-electron chi connectivity index (χ1n) is 8.61. The average Bonchev–Trinajstić information content (AvgIpc) is 2.94. The smallest absolute Gasteiger partial charge is 0.338 e. The second-order valence-corrected chi connectivity index (χ2v) is 9.47. The molecule has 146 valence electrons. The van der Waals surface area contributed by atoms with E-state index >= 15 is 0 Å². The molecule has 3 rings (SSSR count). The lowest BCUT2D eigenvalue weighted by molar-refractivity contribution is -0.124. The normalized spacial score (nSPS) is 17.1.